The van der Waals surface area contributed by atoms with E-state index in [2.05, 4.69) is 6.07 Å². The van der Waals surface area contributed by atoms with Gasteiger partial charge >= 0.3 is 5.97 Å². The molecule has 0 unspecified atom stereocenters. The van der Waals surface area contributed by atoms with Crippen LogP contribution in [0.15, 0.2) is 0 Å². The van der Waals surface area contributed by atoms with E-state index < -0.39 is 11.4 Å². The summed E-state index contributed by atoms with van der Waals surface area (Å²) in [6.45, 7) is 3.17. The first-order chi connectivity index (χ1) is 6.64. The van der Waals surface area contributed by atoms with E-state index in [1.165, 1.54) is 0 Å². The van der Waals surface area contributed by atoms with Gasteiger partial charge in [0.1, 0.15) is 0 Å². The summed E-state index contributed by atoms with van der Waals surface area (Å²) in [4.78, 5) is 13.2. The van der Waals surface area contributed by atoms with Crippen LogP contribution in [-0.4, -0.2) is 38.5 Å². The van der Waals surface area contributed by atoms with Crippen molar-refractivity contribution >= 4 is 14.0 Å². The molecule has 0 aromatic heterocycles. The van der Waals surface area contributed by atoms with Crippen molar-refractivity contribution in [3.63, 3.8) is 0 Å². The van der Waals surface area contributed by atoms with Crippen LogP contribution in [0.25, 0.3) is 0 Å². The van der Waals surface area contributed by atoms with E-state index in [0.717, 1.165) is 0 Å². The Kier molecular flexibility index (Phi) is 3.53. The van der Waals surface area contributed by atoms with E-state index in [1.54, 1.807) is 11.7 Å². The van der Waals surface area contributed by atoms with Crippen LogP contribution in [0.1, 0.15) is 19.8 Å². The normalized spacial score (nSPS) is 21.1. The molecular weight excluding hydrogens is 179 g/mol. The van der Waals surface area contributed by atoms with E-state index in [4.69, 9.17) is 18.0 Å². The quantitative estimate of drug-likeness (QED) is 0.464. The largest absolute Gasteiger partial charge is 0.465 e. The lowest BCUT2D eigenvalue weighted by Gasteiger charge is -2.33. The Hall–Kier alpha value is -1.02. The van der Waals surface area contributed by atoms with Crippen molar-refractivity contribution < 1.29 is 9.53 Å². The van der Waals surface area contributed by atoms with Gasteiger partial charge in [0.15, 0.2) is 13.4 Å². The summed E-state index contributed by atoms with van der Waals surface area (Å²) >= 11 is 0. The molecule has 5 heteroatoms. The SMILES string of the molecule is [B]N1CCC(C#N)(C(=O)OCC)CC1. The van der Waals surface area contributed by atoms with Gasteiger partial charge in [0, 0.05) is 0 Å². The van der Waals surface area contributed by atoms with Crippen LogP contribution < -0.4 is 0 Å². The van der Waals surface area contributed by atoms with E-state index in [0.29, 0.717) is 32.5 Å². The van der Waals surface area contributed by atoms with Gasteiger partial charge in [0.25, 0.3) is 0 Å². The Morgan fingerprint density at radius 1 is 1.64 bits per heavy atom. The second kappa shape index (κ2) is 4.47. The van der Waals surface area contributed by atoms with Crippen molar-refractivity contribution in [1.82, 2.24) is 4.81 Å². The number of carbonyl (C=O) groups excluding carboxylic acids is 1. The van der Waals surface area contributed by atoms with E-state index in [-0.39, 0.29) is 0 Å². The molecule has 0 spiro atoms. The van der Waals surface area contributed by atoms with E-state index in [9.17, 15) is 4.79 Å². The molecule has 1 rings (SSSR count). The van der Waals surface area contributed by atoms with Gasteiger partial charge in [0.2, 0.25) is 0 Å². The average Bonchev–Trinajstić information content (AvgIpc) is 2.20. The molecule has 74 valence electrons. The number of piperidine rings is 1. The molecule has 1 heterocycles. The van der Waals surface area contributed by atoms with Gasteiger partial charge in [-0.05, 0) is 32.9 Å². The molecule has 0 amide bonds. The van der Waals surface area contributed by atoms with Crippen LogP contribution in [-0.2, 0) is 9.53 Å². The number of carbonyl (C=O) groups is 1. The predicted molar refractivity (Wildman–Crippen MR) is 51.2 cm³/mol. The Morgan fingerprint density at radius 3 is 2.64 bits per heavy atom. The predicted octanol–water partition coefficient (Wildman–Crippen LogP) is 0.239. The first-order valence-corrected chi connectivity index (χ1v) is 4.73. The van der Waals surface area contributed by atoms with Crippen molar-refractivity contribution in [1.29, 1.82) is 5.26 Å². The Bertz CT molecular complexity index is 254. The van der Waals surface area contributed by atoms with Gasteiger partial charge in [-0.15, -0.1) is 0 Å². The number of rotatable bonds is 2. The fraction of sp³-hybridized carbons (Fsp3) is 0.778. The van der Waals surface area contributed by atoms with Crippen molar-refractivity contribution in [2.45, 2.75) is 19.8 Å². The van der Waals surface area contributed by atoms with Crippen molar-refractivity contribution in [2.24, 2.45) is 5.41 Å². The smallest absolute Gasteiger partial charge is 0.326 e. The van der Waals surface area contributed by atoms with Crippen LogP contribution in [0.5, 0.6) is 0 Å². The van der Waals surface area contributed by atoms with Crippen molar-refractivity contribution in [3.8, 4) is 6.07 Å². The molecular formula is C9H13BN2O2. The Morgan fingerprint density at radius 2 is 2.21 bits per heavy atom. The summed E-state index contributed by atoms with van der Waals surface area (Å²) in [6.07, 6.45) is 0.914. The zero-order valence-corrected chi connectivity index (χ0v) is 8.32. The van der Waals surface area contributed by atoms with Gasteiger partial charge in [0.05, 0.1) is 12.7 Å². The van der Waals surface area contributed by atoms with Crippen LogP contribution >= 0.6 is 0 Å². The van der Waals surface area contributed by atoms with Gasteiger partial charge in [-0.3, -0.25) is 4.79 Å². The van der Waals surface area contributed by atoms with E-state index >= 15 is 0 Å². The Labute approximate surface area is 85.3 Å². The summed E-state index contributed by atoms with van der Waals surface area (Å²) in [5.74, 6) is -0.407. The molecule has 0 aliphatic carbocycles. The van der Waals surface area contributed by atoms with Gasteiger partial charge in [-0.25, -0.2) is 0 Å². The molecule has 0 aromatic carbocycles. The second-order valence-corrected chi connectivity index (χ2v) is 3.45. The molecule has 1 aliphatic heterocycles. The van der Waals surface area contributed by atoms with Gasteiger partial charge in [-0.2, -0.15) is 5.26 Å². The molecule has 4 nitrogen and oxygen atoms in total. The highest BCUT2D eigenvalue weighted by molar-refractivity contribution is 6.04. The van der Waals surface area contributed by atoms with Crippen LogP contribution in [0.2, 0.25) is 0 Å². The van der Waals surface area contributed by atoms with Crippen LogP contribution in [0.3, 0.4) is 0 Å². The lowest BCUT2D eigenvalue weighted by Crippen LogP contribution is -2.43. The molecule has 0 saturated carbocycles. The minimum Gasteiger partial charge on any atom is -0.465 e. The highest BCUT2D eigenvalue weighted by Crippen LogP contribution is 2.31. The third kappa shape index (κ3) is 2.07. The fourth-order valence-electron chi connectivity index (χ4n) is 1.54. The Balaban J connectivity index is 2.68. The average molecular weight is 192 g/mol. The summed E-state index contributed by atoms with van der Waals surface area (Å²) in [5.41, 5.74) is -0.966. The summed E-state index contributed by atoms with van der Waals surface area (Å²) < 4.78 is 4.89. The molecule has 0 N–H and O–H groups in total. The monoisotopic (exact) mass is 192 g/mol. The van der Waals surface area contributed by atoms with Crippen molar-refractivity contribution in [2.75, 3.05) is 19.7 Å². The van der Waals surface area contributed by atoms with Crippen LogP contribution in [0.4, 0.5) is 0 Å². The maximum atomic E-state index is 11.6. The topological polar surface area (TPSA) is 53.3 Å². The van der Waals surface area contributed by atoms with Crippen molar-refractivity contribution in [3.05, 3.63) is 0 Å². The third-order valence-electron chi connectivity index (χ3n) is 2.53. The molecule has 1 saturated heterocycles. The lowest BCUT2D eigenvalue weighted by atomic mass is 9.79. The first kappa shape index (κ1) is 11.1. The summed E-state index contributed by atoms with van der Waals surface area (Å²) in [6, 6.07) is 2.07. The molecule has 14 heavy (non-hydrogen) atoms. The zero-order valence-electron chi connectivity index (χ0n) is 8.32. The molecule has 2 radical (unpaired) electrons. The van der Waals surface area contributed by atoms with E-state index in [1.807, 2.05) is 0 Å². The summed E-state index contributed by atoms with van der Waals surface area (Å²) in [5, 5.41) is 9.01. The number of ether oxygens (including phenoxy) is 1. The first-order valence-electron chi connectivity index (χ1n) is 4.73. The highest BCUT2D eigenvalue weighted by atomic mass is 16.5. The molecule has 1 aliphatic rings. The van der Waals surface area contributed by atoms with Crippen LogP contribution in [0, 0.1) is 16.7 Å². The zero-order chi connectivity index (χ0) is 10.6. The number of nitrogens with zero attached hydrogens (tertiary/aromatic N) is 2. The number of esters is 1. The number of hydrogen-bond acceptors (Lipinski definition) is 4. The molecule has 0 atom stereocenters. The molecule has 0 aromatic rings. The number of nitriles is 1. The maximum Gasteiger partial charge on any atom is 0.326 e. The third-order valence-corrected chi connectivity index (χ3v) is 2.53. The summed E-state index contributed by atoms with van der Waals surface area (Å²) in [7, 11) is 5.56. The standard InChI is InChI=1S/C9H13BN2O2/c1-2-14-8(13)9(7-11)3-5-12(10)6-4-9/h2-6H2,1H3. The number of hydrogen-bond donors (Lipinski definition) is 0. The minimum atomic E-state index is -0.966. The maximum absolute atomic E-state index is 11.6. The van der Waals surface area contributed by atoms with Gasteiger partial charge in [-0.1, -0.05) is 0 Å². The van der Waals surface area contributed by atoms with Gasteiger partial charge < -0.3 is 9.55 Å². The minimum absolute atomic E-state index is 0.314. The highest BCUT2D eigenvalue weighted by Gasteiger charge is 2.42. The molecule has 0 bridgehead atoms. The lowest BCUT2D eigenvalue weighted by molar-refractivity contribution is -0.153. The molecule has 1 fully saturated rings. The fourth-order valence-corrected chi connectivity index (χ4v) is 1.54. The second-order valence-electron chi connectivity index (χ2n) is 3.45.